The Hall–Kier alpha value is -2.04. The molecule has 2 amide bonds. The van der Waals surface area contributed by atoms with E-state index >= 15 is 0 Å². The van der Waals surface area contributed by atoms with Gasteiger partial charge in [0, 0.05) is 18.8 Å². The summed E-state index contributed by atoms with van der Waals surface area (Å²) in [5, 5.41) is 12.0. The Morgan fingerprint density at radius 1 is 1.14 bits per heavy atom. The zero-order chi connectivity index (χ0) is 15.4. The molecule has 5 heteroatoms. The van der Waals surface area contributed by atoms with Gasteiger partial charge in [0.05, 0.1) is 5.92 Å². The third-order valence-corrected chi connectivity index (χ3v) is 4.13. The Bertz CT molecular complexity index is 505. The topological polar surface area (TPSA) is 69.6 Å². The molecule has 2 N–H and O–H groups in total. The maximum absolute atomic E-state index is 12.2. The molecule has 1 aliphatic rings. The number of carboxylic acid groups (broad SMARTS) is 1. The van der Waals surface area contributed by atoms with Crippen LogP contribution in [0.15, 0.2) is 24.3 Å². The number of benzene rings is 1. The van der Waals surface area contributed by atoms with Gasteiger partial charge in [-0.2, -0.15) is 0 Å². The van der Waals surface area contributed by atoms with Crippen LogP contribution in [0.2, 0.25) is 0 Å². The summed E-state index contributed by atoms with van der Waals surface area (Å²) in [5.74, 6) is -0.982. The van der Waals surface area contributed by atoms with E-state index in [1.807, 2.05) is 31.2 Å². The summed E-state index contributed by atoms with van der Waals surface area (Å²) >= 11 is 0. The minimum Gasteiger partial charge on any atom is -0.481 e. The average Bonchev–Trinajstić information content (AvgIpc) is 2.47. The predicted octanol–water partition coefficient (Wildman–Crippen LogP) is 2.78. The molecule has 21 heavy (non-hydrogen) atoms. The third kappa shape index (κ3) is 3.97. The Balaban J connectivity index is 1.87. The fraction of sp³-hybridized carbons (Fsp3) is 0.500. The summed E-state index contributed by atoms with van der Waals surface area (Å²) < 4.78 is 0. The number of carboxylic acids is 1. The maximum Gasteiger partial charge on any atom is 0.321 e. The average molecular weight is 290 g/mol. The first-order valence-corrected chi connectivity index (χ1v) is 7.31. The molecule has 0 heterocycles. The van der Waals surface area contributed by atoms with Crippen LogP contribution in [0.25, 0.3) is 0 Å². The van der Waals surface area contributed by atoms with Gasteiger partial charge in [0.15, 0.2) is 0 Å². The van der Waals surface area contributed by atoms with E-state index in [1.165, 1.54) is 0 Å². The third-order valence-electron chi connectivity index (χ3n) is 4.13. The van der Waals surface area contributed by atoms with Crippen molar-refractivity contribution < 1.29 is 14.7 Å². The summed E-state index contributed by atoms with van der Waals surface area (Å²) in [4.78, 5) is 24.7. The number of hydrogen-bond donors (Lipinski definition) is 2. The molecule has 1 fully saturated rings. The van der Waals surface area contributed by atoms with Crippen molar-refractivity contribution in [3.63, 3.8) is 0 Å². The van der Waals surface area contributed by atoms with Crippen LogP contribution in [0.1, 0.15) is 31.2 Å². The molecule has 0 atom stereocenters. The highest BCUT2D eigenvalue weighted by Gasteiger charge is 2.27. The maximum atomic E-state index is 12.2. The zero-order valence-electron chi connectivity index (χ0n) is 12.5. The Morgan fingerprint density at radius 3 is 2.24 bits per heavy atom. The number of anilines is 1. The number of aliphatic carboxylic acids is 1. The fourth-order valence-corrected chi connectivity index (χ4v) is 2.64. The first-order valence-electron chi connectivity index (χ1n) is 7.31. The number of amides is 2. The van der Waals surface area contributed by atoms with E-state index in [2.05, 4.69) is 5.32 Å². The molecule has 0 aliphatic heterocycles. The monoisotopic (exact) mass is 290 g/mol. The van der Waals surface area contributed by atoms with Crippen LogP contribution in [0.3, 0.4) is 0 Å². The van der Waals surface area contributed by atoms with Crippen molar-refractivity contribution in [1.29, 1.82) is 0 Å². The van der Waals surface area contributed by atoms with Crippen LogP contribution in [0.5, 0.6) is 0 Å². The first kappa shape index (κ1) is 15.4. The fourth-order valence-electron chi connectivity index (χ4n) is 2.64. The van der Waals surface area contributed by atoms with E-state index < -0.39 is 5.97 Å². The van der Waals surface area contributed by atoms with Crippen LogP contribution in [0, 0.1) is 12.8 Å². The molecular formula is C16H22N2O3. The summed E-state index contributed by atoms with van der Waals surface area (Å²) in [5.41, 5.74) is 2.00. The van der Waals surface area contributed by atoms with Crippen LogP contribution in [0.4, 0.5) is 10.5 Å². The van der Waals surface area contributed by atoms with Gasteiger partial charge in [-0.3, -0.25) is 9.69 Å². The minimum atomic E-state index is -0.725. The molecule has 0 unspecified atom stereocenters. The normalized spacial score (nSPS) is 21.6. The second-order valence-corrected chi connectivity index (χ2v) is 5.73. The van der Waals surface area contributed by atoms with Crippen molar-refractivity contribution >= 4 is 17.7 Å². The molecule has 1 aliphatic carbocycles. The molecule has 0 radical (unpaired) electrons. The van der Waals surface area contributed by atoms with E-state index in [1.54, 1.807) is 11.9 Å². The van der Waals surface area contributed by atoms with E-state index in [-0.39, 0.29) is 18.0 Å². The number of urea groups is 1. The molecular weight excluding hydrogens is 268 g/mol. The van der Waals surface area contributed by atoms with Crippen molar-refractivity contribution in [3.8, 4) is 0 Å². The lowest BCUT2D eigenvalue weighted by Gasteiger charge is -2.28. The van der Waals surface area contributed by atoms with Crippen LogP contribution < -0.4 is 10.2 Å². The summed E-state index contributed by atoms with van der Waals surface area (Å²) in [7, 11) is 1.74. The quantitative estimate of drug-likeness (QED) is 0.899. The van der Waals surface area contributed by atoms with Crippen molar-refractivity contribution in [2.75, 3.05) is 11.9 Å². The Kier molecular flexibility index (Phi) is 4.83. The Labute approximate surface area is 125 Å². The lowest BCUT2D eigenvalue weighted by Crippen LogP contribution is -2.45. The van der Waals surface area contributed by atoms with Gasteiger partial charge < -0.3 is 10.4 Å². The minimum absolute atomic E-state index is 0.0704. The standard InChI is InChI=1S/C16H22N2O3/c1-11-3-9-14(10-4-11)18(2)16(21)17-13-7-5-12(6-8-13)15(19)20/h3-4,9-10,12-13H,5-8H2,1-2H3,(H,17,21)(H,19,20). The van der Waals surface area contributed by atoms with Crippen molar-refractivity contribution in [1.82, 2.24) is 5.32 Å². The summed E-state index contributed by atoms with van der Waals surface area (Å²) in [6.07, 6.45) is 2.72. The van der Waals surface area contributed by atoms with Gasteiger partial charge in [0.25, 0.3) is 0 Å². The largest absolute Gasteiger partial charge is 0.481 e. The highest BCUT2D eigenvalue weighted by atomic mass is 16.4. The molecule has 0 saturated heterocycles. The molecule has 1 saturated carbocycles. The number of nitrogens with zero attached hydrogens (tertiary/aromatic N) is 1. The van der Waals surface area contributed by atoms with Gasteiger partial charge in [-0.1, -0.05) is 17.7 Å². The lowest BCUT2D eigenvalue weighted by molar-refractivity contribution is -0.142. The summed E-state index contributed by atoms with van der Waals surface area (Å²) in [6, 6.07) is 7.69. The van der Waals surface area contributed by atoms with Crippen LogP contribution in [-0.4, -0.2) is 30.2 Å². The number of carbonyl (C=O) groups excluding carboxylic acids is 1. The van der Waals surface area contributed by atoms with Gasteiger partial charge >= 0.3 is 12.0 Å². The molecule has 5 nitrogen and oxygen atoms in total. The number of carbonyl (C=O) groups is 2. The van der Waals surface area contributed by atoms with Crippen LogP contribution >= 0.6 is 0 Å². The molecule has 2 rings (SSSR count). The van der Waals surface area contributed by atoms with Crippen LogP contribution in [-0.2, 0) is 4.79 Å². The van der Waals surface area contributed by atoms with Gasteiger partial charge in [0.2, 0.25) is 0 Å². The van der Waals surface area contributed by atoms with E-state index in [0.29, 0.717) is 12.8 Å². The van der Waals surface area contributed by atoms with E-state index in [4.69, 9.17) is 5.11 Å². The second kappa shape index (κ2) is 6.61. The summed E-state index contributed by atoms with van der Waals surface area (Å²) in [6.45, 7) is 2.00. The smallest absolute Gasteiger partial charge is 0.321 e. The van der Waals surface area contributed by atoms with Gasteiger partial charge in [0.1, 0.15) is 0 Å². The van der Waals surface area contributed by atoms with E-state index in [9.17, 15) is 9.59 Å². The first-order chi connectivity index (χ1) is 9.97. The molecule has 1 aromatic carbocycles. The zero-order valence-corrected chi connectivity index (χ0v) is 12.5. The van der Waals surface area contributed by atoms with Crippen molar-refractivity contribution in [2.45, 2.75) is 38.6 Å². The van der Waals surface area contributed by atoms with Gasteiger partial charge in [-0.25, -0.2) is 4.79 Å². The van der Waals surface area contributed by atoms with E-state index in [0.717, 1.165) is 24.1 Å². The molecule has 114 valence electrons. The molecule has 1 aromatic rings. The highest BCUT2D eigenvalue weighted by Crippen LogP contribution is 2.24. The SMILES string of the molecule is Cc1ccc(N(C)C(=O)NC2CCC(C(=O)O)CC2)cc1. The number of aryl methyl sites for hydroxylation is 1. The second-order valence-electron chi connectivity index (χ2n) is 5.73. The number of hydrogen-bond acceptors (Lipinski definition) is 2. The molecule has 0 bridgehead atoms. The molecule has 0 aromatic heterocycles. The number of nitrogens with one attached hydrogen (secondary N) is 1. The van der Waals surface area contributed by atoms with Gasteiger partial charge in [-0.15, -0.1) is 0 Å². The van der Waals surface area contributed by atoms with Gasteiger partial charge in [-0.05, 0) is 44.7 Å². The predicted molar refractivity (Wildman–Crippen MR) is 81.5 cm³/mol. The number of rotatable bonds is 3. The Morgan fingerprint density at radius 2 is 1.71 bits per heavy atom. The highest BCUT2D eigenvalue weighted by molar-refractivity contribution is 5.91. The molecule has 0 spiro atoms. The van der Waals surface area contributed by atoms with Crippen molar-refractivity contribution in [3.05, 3.63) is 29.8 Å². The van der Waals surface area contributed by atoms with Crippen molar-refractivity contribution in [2.24, 2.45) is 5.92 Å². The lowest BCUT2D eigenvalue weighted by atomic mass is 9.86.